The van der Waals surface area contributed by atoms with Crippen molar-refractivity contribution in [2.24, 2.45) is 11.8 Å². The van der Waals surface area contributed by atoms with Gasteiger partial charge in [-0.1, -0.05) is 38.8 Å². The Kier molecular flexibility index (Phi) is 10.4. The molecule has 1 spiro atoms. The van der Waals surface area contributed by atoms with E-state index in [1.165, 1.54) is 31.1 Å². The average Bonchev–Trinajstić information content (AvgIpc) is 4.14. The summed E-state index contributed by atoms with van der Waals surface area (Å²) in [5, 5.41) is 5.97. The molecule has 3 saturated carbocycles. The van der Waals surface area contributed by atoms with Crippen molar-refractivity contribution in [3.8, 4) is 11.5 Å². The van der Waals surface area contributed by atoms with Gasteiger partial charge >= 0.3 is 12.3 Å². The second-order valence-electron chi connectivity index (χ2n) is 18.1. The van der Waals surface area contributed by atoms with Crippen LogP contribution >= 0.6 is 0 Å². The minimum absolute atomic E-state index is 0.0324. The van der Waals surface area contributed by atoms with Crippen LogP contribution in [0, 0.1) is 11.8 Å². The van der Waals surface area contributed by atoms with E-state index in [1.54, 1.807) is 12.1 Å². The van der Waals surface area contributed by atoms with Gasteiger partial charge in [-0.3, -0.25) is 19.1 Å². The van der Waals surface area contributed by atoms with E-state index in [2.05, 4.69) is 20.3 Å². The molecule has 2 aromatic rings. The number of sulfonamides is 1. The van der Waals surface area contributed by atoms with E-state index in [0.717, 1.165) is 0 Å². The van der Waals surface area contributed by atoms with Crippen LogP contribution in [-0.2, 0) is 41.7 Å². The number of benzene rings is 1. The first kappa shape index (κ1) is 42.1. The molecule has 60 heavy (non-hydrogen) atoms. The van der Waals surface area contributed by atoms with Gasteiger partial charge in [-0.25, -0.2) is 18.2 Å². The number of allylic oxidation sites excluding steroid dienone is 1. The summed E-state index contributed by atoms with van der Waals surface area (Å²) in [5.74, 6) is -2.99. The predicted octanol–water partition coefficient (Wildman–Crippen LogP) is 5.60. The monoisotopic (exact) mass is 859 g/mol. The first-order valence-electron chi connectivity index (χ1n) is 20.9. The second kappa shape index (κ2) is 14.8. The summed E-state index contributed by atoms with van der Waals surface area (Å²) >= 11 is 0. The highest BCUT2D eigenvalue weighted by Gasteiger charge is 2.64. The van der Waals surface area contributed by atoms with Crippen LogP contribution in [-0.4, -0.2) is 89.3 Å². The summed E-state index contributed by atoms with van der Waals surface area (Å²) in [4.78, 5) is 62.2. The highest BCUT2D eigenvalue weighted by atomic mass is 32.2. The van der Waals surface area contributed by atoms with Crippen LogP contribution in [0.4, 0.5) is 18.0 Å². The molecular weight excluding hydrogens is 808 g/mol. The molecule has 0 unspecified atom stereocenters. The van der Waals surface area contributed by atoms with Gasteiger partial charge in [0.25, 0.3) is 5.91 Å². The summed E-state index contributed by atoms with van der Waals surface area (Å²) in [6, 6.07) is 2.00. The van der Waals surface area contributed by atoms with E-state index >= 15 is 0 Å². The summed E-state index contributed by atoms with van der Waals surface area (Å²) in [6.45, 7) is 5.10. The Balaban J connectivity index is 1.16. The standard InChI is InChI=1S/C42H52F3N5O9S/c1-24(2)40(18-19-40)59-37(54)47-30-11-9-7-5-6-8-10-25-21-41(25,36(53)49-60(55,56)38(3)16-17-38)48-34(51)31-22-39(23-50(31)35(30)52)15-14-27-28-20-26(57-4)12-13-29(28)46-33(32(27)58-39)42(43,44)45/h8,10,12-13,20,24-25,30-31H,5-7,9,11,14-19,21-23H2,1-4H3,(H,47,54)(H,48,51)(H,49,53)/b10-8-/t25-,30+,31+,39-,41-/m1/s1. The number of rotatable bonds is 7. The molecule has 8 rings (SSSR count). The van der Waals surface area contributed by atoms with Gasteiger partial charge in [0.05, 0.1) is 23.9 Å². The van der Waals surface area contributed by atoms with Crippen molar-refractivity contribution in [2.75, 3.05) is 13.7 Å². The Labute approximate surface area is 346 Å². The van der Waals surface area contributed by atoms with Crippen molar-refractivity contribution < 1.29 is 55.0 Å². The van der Waals surface area contributed by atoms with Gasteiger partial charge in [-0.2, -0.15) is 13.2 Å². The zero-order valence-electron chi connectivity index (χ0n) is 34.2. The second-order valence-corrected chi connectivity index (χ2v) is 20.3. The summed E-state index contributed by atoms with van der Waals surface area (Å²) in [6.07, 6.45) is 2.77. The zero-order chi connectivity index (χ0) is 43.0. The zero-order valence-corrected chi connectivity index (χ0v) is 35.0. The van der Waals surface area contributed by atoms with Crippen molar-refractivity contribution in [1.82, 2.24) is 25.2 Å². The summed E-state index contributed by atoms with van der Waals surface area (Å²) < 4.78 is 89.5. The van der Waals surface area contributed by atoms with Crippen LogP contribution in [0.15, 0.2) is 30.4 Å². The number of nitrogens with zero attached hydrogens (tertiary/aromatic N) is 2. The Hall–Kier alpha value is -4.61. The number of halogens is 3. The van der Waals surface area contributed by atoms with E-state index in [-0.39, 0.29) is 55.6 Å². The third-order valence-electron chi connectivity index (χ3n) is 13.7. The van der Waals surface area contributed by atoms with Crippen molar-refractivity contribution in [3.63, 3.8) is 0 Å². The number of alkyl carbamates (subject to hydrolysis) is 1. The number of carbonyl (C=O) groups is 4. The van der Waals surface area contributed by atoms with Crippen molar-refractivity contribution in [2.45, 2.75) is 144 Å². The molecule has 0 radical (unpaired) electrons. The van der Waals surface area contributed by atoms with Crippen LogP contribution < -0.4 is 24.8 Å². The highest BCUT2D eigenvalue weighted by molar-refractivity contribution is 7.91. The number of methoxy groups -OCH3 is 1. The quantitative estimate of drug-likeness (QED) is 0.297. The fraction of sp³-hybridized carbons (Fsp3) is 0.643. The molecule has 3 aliphatic heterocycles. The normalized spacial score (nSPS) is 30.1. The van der Waals surface area contributed by atoms with Crippen molar-refractivity contribution in [3.05, 3.63) is 41.6 Å². The topological polar surface area (TPSA) is 182 Å². The minimum atomic E-state index is -4.93. The molecule has 0 bridgehead atoms. The number of aromatic nitrogens is 1. The molecule has 14 nitrogen and oxygen atoms in total. The number of fused-ring (bicyclic) bond motifs is 5. The molecule has 5 atom stereocenters. The van der Waals surface area contributed by atoms with E-state index < -0.39 is 90.9 Å². The molecule has 6 aliphatic rings. The number of carbonyl (C=O) groups excluding carboxylic acids is 4. The SMILES string of the molecule is COc1ccc2nc(C(F)(F)F)c3c(c2c1)CC[C@]1(C[C@H]2C(=O)N[C@]4(C(=O)NS(=O)(=O)C5(C)CC5)C[C@H]4/C=C\CCCCC[C@H](NC(=O)OC4(C(C)C)CC4)C(=O)N2C1)O3. The van der Waals surface area contributed by atoms with Gasteiger partial charge in [0, 0.05) is 23.3 Å². The molecule has 4 fully saturated rings. The maximum Gasteiger partial charge on any atom is 0.437 e. The molecule has 326 valence electrons. The lowest BCUT2D eigenvalue weighted by Crippen LogP contribution is -2.58. The smallest absolute Gasteiger partial charge is 0.437 e. The fourth-order valence-corrected chi connectivity index (χ4v) is 10.4. The van der Waals surface area contributed by atoms with E-state index in [4.69, 9.17) is 14.2 Å². The Morgan fingerprint density at radius 2 is 1.82 bits per heavy atom. The van der Waals surface area contributed by atoms with Gasteiger partial charge in [-0.05, 0) is 95.2 Å². The number of pyridine rings is 1. The van der Waals surface area contributed by atoms with Crippen LogP contribution in [0.2, 0.25) is 0 Å². The maximum absolute atomic E-state index is 14.9. The Morgan fingerprint density at radius 3 is 2.48 bits per heavy atom. The predicted molar refractivity (Wildman–Crippen MR) is 211 cm³/mol. The molecule has 1 aromatic carbocycles. The lowest BCUT2D eigenvalue weighted by Gasteiger charge is -2.37. The molecule has 3 aliphatic carbocycles. The molecule has 4 amide bonds. The lowest BCUT2D eigenvalue weighted by molar-refractivity contribution is -0.144. The van der Waals surface area contributed by atoms with Crippen LogP contribution in [0.1, 0.15) is 109 Å². The number of alkyl halides is 3. The van der Waals surface area contributed by atoms with E-state index in [1.807, 2.05) is 19.9 Å². The Morgan fingerprint density at radius 1 is 1.07 bits per heavy atom. The third kappa shape index (κ3) is 7.65. The van der Waals surface area contributed by atoms with Gasteiger partial charge in [0.1, 0.15) is 34.6 Å². The molecule has 1 saturated heterocycles. The molecule has 4 heterocycles. The molecule has 1 aromatic heterocycles. The van der Waals surface area contributed by atoms with Gasteiger partial charge < -0.3 is 29.7 Å². The number of nitrogens with one attached hydrogen (secondary N) is 3. The molecule has 3 N–H and O–H groups in total. The number of amides is 4. The van der Waals surface area contributed by atoms with E-state index in [0.29, 0.717) is 62.5 Å². The largest absolute Gasteiger partial charge is 0.497 e. The van der Waals surface area contributed by atoms with Crippen LogP contribution in [0.3, 0.4) is 0 Å². The third-order valence-corrected chi connectivity index (χ3v) is 15.8. The first-order valence-corrected chi connectivity index (χ1v) is 22.4. The number of aryl methyl sites for hydroxylation is 1. The maximum atomic E-state index is 14.9. The van der Waals surface area contributed by atoms with Crippen molar-refractivity contribution in [1.29, 1.82) is 0 Å². The van der Waals surface area contributed by atoms with Gasteiger partial charge in [-0.15, -0.1) is 0 Å². The minimum Gasteiger partial charge on any atom is -0.497 e. The highest BCUT2D eigenvalue weighted by Crippen LogP contribution is 2.51. The van der Waals surface area contributed by atoms with Crippen LogP contribution in [0.5, 0.6) is 11.5 Å². The molecular formula is C42H52F3N5O9S. The summed E-state index contributed by atoms with van der Waals surface area (Å²) in [5.41, 5.74) is -4.74. The average molecular weight is 860 g/mol. The fourth-order valence-electron chi connectivity index (χ4n) is 9.11. The van der Waals surface area contributed by atoms with E-state index in [9.17, 15) is 40.8 Å². The Bertz CT molecular complexity index is 2260. The molecule has 18 heteroatoms. The van der Waals surface area contributed by atoms with Gasteiger partial charge in [0.2, 0.25) is 21.8 Å². The van der Waals surface area contributed by atoms with Crippen molar-refractivity contribution >= 4 is 44.7 Å². The van der Waals surface area contributed by atoms with Crippen LogP contribution in [0.25, 0.3) is 10.9 Å². The number of ether oxygens (including phenoxy) is 3. The number of hydrogen-bond acceptors (Lipinski definition) is 10. The summed E-state index contributed by atoms with van der Waals surface area (Å²) in [7, 11) is -2.65. The number of hydrogen-bond donors (Lipinski definition) is 3. The lowest BCUT2D eigenvalue weighted by atomic mass is 9.87. The first-order chi connectivity index (χ1) is 28.2. The van der Waals surface area contributed by atoms with Gasteiger partial charge in [0.15, 0.2) is 11.4 Å².